The molecule has 0 bridgehead atoms. The minimum atomic E-state index is -0.142. The molecule has 0 spiro atoms. The smallest absolute Gasteiger partial charge is 0.0695 e. The van der Waals surface area contributed by atoms with Crippen LogP contribution in [0, 0.1) is 11.3 Å². The van der Waals surface area contributed by atoms with E-state index in [1.807, 2.05) is 0 Å². The number of nitrogens with zero attached hydrogens (tertiary/aromatic N) is 1. The van der Waals surface area contributed by atoms with Crippen LogP contribution in [-0.2, 0) is 4.74 Å². The molecule has 2 saturated carbocycles. The Morgan fingerprint density at radius 2 is 1.90 bits per heavy atom. The third-order valence-corrected chi connectivity index (χ3v) is 5.79. The van der Waals surface area contributed by atoms with Crippen LogP contribution in [0.1, 0.15) is 59.3 Å². The van der Waals surface area contributed by atoms with Crippen LogP contribution in [0.25, 0.3) is 0 Å². The Balaban J connectivity index is 2.02. The lowest BCUT2D eigenvalue weighted by molar-refractivity contribution is -0.0306. The predicted molar refractivity (Wildman–Crippen MR) is 82.8 cm³/mol. The van der Waals surface area contributed by atoms with Crippen molar-refractivity contribution < 1.29 is 9.84 Å². The van der Waals surface area contributed by atoms with Crippen LogP contribution in [0.15, 0.2) is 0 Å². The summed E-state index contributed by atoms with van der Waals surface area (Å²) in [4.78, 5) is 2.55. The van der Waals surface area contributed by atoms with Gasteiger partial charge < -0.3 is 9.84 Å². The molecule has 3 nitrogen and oxygen atoms in total. The zero-order chi connectivity index (χ0) is 14.8. The molecular weight excluding hydrogens is 250 g/mol. The number of hydrogen-bond acceptors (Lipinski definition) is 3. The summed E-state index contributed by atoms with van der Waals surface area (Å²) in [5.41, 5.74) is 0.398. The van der Waals surface area contributed by atoms with Gasteiger partial charge in [-0.3, -0.25) is 4.90 Å². The van der Waals surface area contributed by atoms with Crippen molar-refractivity contribution in [3.05, 3.63) is 0 Å². The van der Waals surface area contributed by atoms with Gasteiger partial charge in [-0.2, -0.15) is 0 Å². The average Bonchev–Trinajstić information content (AvgIpc) is 3.25. The van der Waals surface area contributed by atoms with E-state index in [2.05, 4.69) is 25.7 Å². The molecule has 1 N–H and O–H groups in total. The van der Waals surface area contributed by atoms with Gasteiger partial charge in [0.1, 0.15) is 0 Å². The standard InChI is InChI=1S/C17H33NO2/c1-5-17(2,3)13-6-9-16(19)15(12-13)18(10-11-20-4)14-7-8-14/h13-16,19H,5-12H2,1-4H3. The summed E-state index contributed by atoms with van der Waals surface area (Å²) in [6, 6.07) is 1.05. The largest absolute Gasteiger partial charge is 0.391 e. The van der Waals surface area contributed by atoms with Crippen molar-refractivity contribution in [3.63, 3.8) is 0 Å². The second-order valence-electron chi connectivity index (χ2n) is 7.45. The zero-order valence-corrected chi connectivity index (χ0v) is 13.8. The van der Waals surface area contributed by atoms with Crippen LogP contribution < -0.4 is 0 Å². The van der Waals surface area contributed by atoms with E-state index in [4.69, 9.17) is 4.74 Å². The highest BCUT2D eigenvalue weighted by atomic mass is 16.5. The Bertz CT molecular complexity index is 301. The van der Waals surface area contributed by atoms with Gasteiger partial charge in [-0.05, 0) is 43.4 Å². The minimum absolute atomic E-state index is 0.142. The first kappa shape index (κ1) is 16.3. The predicted octanol–water partition coefficient (Wildman–Crippen LogP) is 3.06. The Kier molecular flexibility index (Phi) is 5.49. The van der Waals surface area contributed by atoms with E-state index in [9.17, 15) is 5.11 Å². The molecule has 2 aliphatic rings. The molecule has 0 radical (unpaired) electrons. The van der Waals surface area contributed by atoms with Crippen molar-refractivity contribution in [2.24, 2.45) is 11.3 Å². The molecular formula is C17H33NO2. The normalized spacial score (nSPS) is 31.8. The number of ether oxygens (including phenoxy) is 1. The Labute approximate surface area is 124 Å². The number of methoxy groups -OCH3 is 1. The van der Waals surface area contributed by atoms with Crippen molar-refractivity contribution in [1.29, 1.82) is 0 Å². The third-order valence-electron chi connectivity index (χ3n) is 5.79. The van der Waals surface area contributed by atoms with Crippen LogP contribution >= 0.6 is 0 Å². The Hall–Kier alpha value is -0.120. The molecule has 3 atom stereocenters. The highest BCUT2D eigenvalue weighted by Gasteiger charge is 2.42. The molecule has 0 aliphatic heterocycles. The van der Waals surface area contributed by atoms with E-state index in [-0.39, 0.29) is 6.10 Å². The van der Waals surface area contributed by atoms with E-state index >= 15 is 0 Å². The van der Waals surface area contributed by atoms with E-state index in [0.29, 0.717) is 17.5 Å². The second kappa shape index (κ2) is 6.76. The van der Waals surface area contributed by atoms with Crippen molar-refractivity contribution in [3.8, 4) is 0 Å². The van der Waals surface area contributed by atoms with Crippen LogP contribution in [0.3, 0.4) is 0 Å². The first-order valence-electron chi connectivity index (χ1n) is 8.42. The zero-order valence-electron chi connectivity index (χ0n) is 13.8. The van der Waals surface area contributed by atoms with E-state index < -0.39 is 0 Å². The third kappa shape index (κ3) is 3.75. The second-order valence-corrected chi connectivity index (χ2v) is 7.45. The molecule has 2 rings (SSSR count). The number of rotatable bonds is 7. The lowest BCUT2D eigenvalue weighted by Crippen LogP contribution is -2.51. The van der Waals surface area contributed by atoms with Crippen LogP contribution in [0.4, 0.5) is 0 Å². The van der Waals surface area contributed by atoms with Crippen molar-refractivity contribution in [2.45, 2.75) is 77.5 Å². The molecule has 20 heavy (non-hydrogen) atoms. The van der Waals surface area contributed by atoms with E-state index in [0.717, 1.165) is 31.9 Å². The number of hydrogen-bond donors (Lipinski definition) is 1. The van der Waals surface area contributed by atoms with Gasteiger partial charge in [0, 0.05) is 25.7 Å². The molecule has 0 aromatic heterocycles. The highest BCUT2D eigenvalue weighted by molar-refractivity contribution is 4.96. The Morgan fingerprint density at radius 3 is 2.45 bits per heavy atom. The topological polar surface area (TPSA) is 32.7 Å². The molecule has 2 aliphatic carbocycles. The van der Waals surface area contributed by atoms with Crippen molar-refractivity contribution in [2.75, 3.05) is 20.3 Å². The van der Waals surface area contributed by atoms with Crippen LogP contribution in [0.2, 0.25) is 0 Å². The molecule has 3 unspecified atom stereocenters. The van der Waals surface area contributed by atoms with Gasteiger partial charge >= 0.3 is 0 Å². The lowest BCUT2D eigenvalue weighted by Gasteiger charge is -2.45. The summed E-state index contributed by atoms with van der Waals surface area (Å²) in [5, 5.41) is 10.5. The first-order chi connectivity index (χ1) is 9.49. The summed E-state index contributed by atoms with van der Waals surface area (Å²) in [6.07, 6.45) is 6.99. The summed E-state index contributed by atoms with van der Waals surface area (Å²) in [7, 11) is 1.77. The van der Waals surface area contributed by atoms with Gasteiger partial charge in [0.25, 0.3) is 0 Å². The lowest BCUT2D eigenvalue weighted by atomic mass is 9.67. The quantitative estimate of drug-likeness (QED) is 0.779. The van der Waals surface area contributed by atoms with Gasteiger partial charge in [-0.25, -0.2) is 0 Å². The number of aliphatic hydroxyl groups is 1. The van der Waals surface area contributed by atoms with Gasteiger partial charge in [0.05, 0.1) is 12.7 Å². The maximum Gasteiger partial charge on any atom is 0.0695 e. The van der Waals surface area contributed by atoms with Gasteiger partial charge in [-0.1, -0.05) is 27.2 Å². The van der Waals surface area contributed by atoms with E-state index in [1.165, 1.54) is 25.7 Å². The van der Waals surface area contributed by atoms with Gasteiger partial charge in [0.2, 0.25) is 0 Å². The summed E-state index contributed by atoms with van der Waals surface area (Å²) < 4.78 is 5.27. The summed E-state index contributed by atoms with van der Waals surface area (Å²) in [6.45, 7) is 8.83. The van der Waals surface area contributed by atoms with Crippen LogP contribution in [0.5, 0.6) is 0 Å². The first-order valence-corrected chi connectivity index (χ1v) is 8.42. The highest BCUT2D eigenvalue weighted by Crippen LogP contribution is 2.43. The van der Waals surface area contributed by atoms with Gasteiger partial charge in [0.15, 0.2) is 0 Å². The molecule has 0 aromatic rings. The molecule has 3 heteroatoms. The minimum Gasteiger partial charge on any atom is -0.391 e. The fourth-order valence-corrected chi connectivity index (χ4v) is 3.71. The molecule has 0 aromatic carbocycles. The van der Waals surface area contributed by atoms with Gasteiger partial charge in [-0.15, -0.1) is 0 Å². The monoisotopic (exact) mass is 283 g/mol. The van der Waals surface area contributed by atoms with E-state index in [1.54, 1.807) is 7.11 Å². The molecule has 0 amide bonds. The summed E-state index contributed by atoms with van der Waals surface area (Å²) >= 11 is 0. The average molecular weight is 283 g/mol. The molecule has 2 fully saturated rings. The van der Waals surface area contributed by atoms with Crippen molar-refractivity contribution >= 4 is 0 Å². The fourth-order valence-electron chi connectivity index (χ4n) is 3.71. The fraction of sp³-hybridized carbons (Fsp3) is 1.00. The SMILES string of the molecule is CCC(C)(C)C1CCC(O)C(N(CCOC)C2CC2)C1. The molecule has 0 saturated heterocycles. The number of aliphatic hydroxyl groups excluding tert-OH is 1. The Morgan fingerprint density at radius 1 is 1.20 bits per heavy atom. The summed E-state index contributed by atoms with van der Waals surface area (Å²) in [5.74, 6) is 0.740. The molecule has 118 valence electrons. The maximum atomic E-state index is 10.5. The molecule has 0 heterocycles. The van der Waals surface area contributed by atoms with Crippen molar-refractivity contribution in [1.82, 2.24) is 4.90 Å². The van der Waals surface area contributed by atoms with Crippen LogP contribution in [-0.4, -0.2) is 48.5 Å². The maximum absolute atomic E-state index is 10.5.